The van der Waals surface area contributed by atoms with E-state index in [2.05, 4.69) is 183 Å². The standard InChI is InChI=1S/3C12H14O.4C12H20.2C11H12O2.2C8H14/c1-8-3-6-11-10(7-8)5-4-9(2)12(11)13;1-8-3-4-10-5-9(2)7-12(13)11(10)6-8;1-8-3-4-10-6-9(2)12(13)7-11(10)5-8;4*1-9-3-5-12-8-10(2)4-6-11(12)7-9;1-7-3-4-9-6-8(2)13-11(12)10(9)5-7;1-7-3-4-9-6-8(2)11(12)13-10(9)5-7;2*1-7-3-5-8(2)6-4-7/h3,6-7,9H,4-5H2,1-2H3;3-4,6,9H,5,7H2,1-2H3;3-5,9H,6-7H2,1-2H3;7,9-10,12H,3-6,8H2,1-2H3;5,9-11H,3-4,6-8H2,1-2H3;3,10-12H,4-8H2,1-2H3;3,5,9-12H,4,6-8H2,1-2H3;2*3-5,8H,6H2,1-2H3;2*3,8H,4-6H2,1-2H3. The van der Waals surface area contributed by atoms with Crippen LogP contribution in [0.5, 0.6) is 5.75 Å². The van der Waals surface area contributed by atoms with Gasteiger partial charge < -0.3 is 9.47 Å². The molecule has 20 unspecified atom stereocenters. The van der Waals surface area contributed by atoms with E-state index >= 15 is 0 Å². The number of allylic oxidation sites excluding steroid dienone is 12. The molecule has 0 N–H and O–H groups in total. The molecular weight excluding hydrogens is 1580 g/mol. The number of cyclic esters (lactones) is 1. The first-order chi connectivity index (χ1) is 61.4. The number of Topliss-reactive ketones (excluding diaryl/α,β-unsaturated/α-hetero) is 3. The largest absolute Gasteiger partial charge is 0.459 e. The van der Waals surface area contributed by atoms with Crippen LogP contribution in [0.3, 0.4) is 0 Å². The van der Waals surface area contributed by atoms with Gasteiger partial charge in [-0.25, -0.2) is 4.79 Å². The van der Waals surface area contributed by atoms with Crippen LogP contribution in [0.25, 0.3) is 0 Å². The molecule has 129 heavy (non-hydrogen) atoms. The maximum atomic E-state index is 11.7. The van der Waals surface area contributed by atoms with Gasteiger partial charge in [0.25, 0.3) is 0 Å². The van der Waals surface area contributed by atoms with Crippen LogP contribution in [-0.2, 0) is 52.9 Å². The van der Waals surface area contributed by atoms with Crippen molar-refractivity contribution in [3.8, 4) is 5.75 Å². The molecule has 0 aromatic heterocycles. The van der Waals surface area contributed by atoms with Crippen LogP contribution in [-0.4, -0.2) is 35.4 Å². The lowest BCUT2D eigenvalue weighted by atomic mass is 9.68. The second kappa shape index (κ2) is 50.5. The van der Waals surface area contributed by atoms with Gasteiger partial charge in [-0.05, 0) is 394 Å². The molecule has 0 spiro atoms. The number of hydrogen-bond donors (Lipinski definition) is 0. The van der Waals surface area contributed by atoms with Crippen LogP contribution in [0.4, 0.5) is 0 Å². The number of fused-ring (bicyclic) bond motifs is 9. The SMILES string of the molecule is CC1=CCC(C)CC1.CC1=CCC(C)CC1.CC1=CCC2CC(C)CCC2C1.CC1C=C2CCC(C)CC2CC1.CC1C=CC2CC(C)CCC2C1.CC1CCC2CC(C)CC=C2C1.Cc1ccc2c(c1)C(=O)CC(C)C2.Cc1ccc2c(c1)C(=O)OC(C)C2.Cc1ccc2c(c1)CC(=O)C(C)C2.Cc1ccc2c(c1)CCC(C)C2=O.Cc1ccc2c(c1)OC(=O)C(C)C2. The van der Waals surface area contributed by atoms with E-state index in [-0.39, 0.29) is 35.8 Å². The Balaban J connectivity index is 0.000000148. The zero-order valence-corrected chi connectivity index (χ0v) is 84.9. The molecule has 15 aliphatic rings. The van der Waals surface area contributed by atoms with Crippen molar-refractivity contribution in [1.82, 2.24) is 0 Å². The molecular formula is C122H174O7. The van der Waals surface area contributed by atoms with Gasteiger partial charge in [0, 0.05) is 42.2 Å². The molecule has 0 bridgehead atoms. The summed E-state index contributed by atoms with van der Waals surface area (Å²) in [6.07, 6.45) is 59.9. The van der Waals surface area contributed by atoms with E-state index in [1.165, 1.54) is 199 Å². The number of rotatable bonds is 0. The molecule has 4 fully saturated rings. The number of benzene rings is 5. The van der Waals surface area contributed by atoms with Gasteiger partial charge in [0.05, 0.1) is 11.5 Å². The van der Waals surface area contributed by atoms with E-state index in [0.29, 0.717) is 29.7 Å². The van der Waals surface area contributed by atoms with Crippen LogP contribution in [0.1, 0.15) is 383 Å². The summed E-state index contributed by atoms with van der Waals surface area (Å²) in [5.74, 6) is 16.9. The first kappa shape index (κ1) is 104. The molecule has 4 saturated carbocycles. The fourth-order valence-electron chi connectivity index (χ4n) is 22.7. The second-order valence-corrected chi connectivity index (χ2v) is 44.8. The van der Waals surface area contributed by atoms with Crippen molar-refractivity contribution in [2.45, 2.75) is 370 Å². The summed E-state index contributed by atoms with van der Waals surface area (Å²) in [5, 5.41) is 0. The Hall–Kier alpha value is -7.51. The molecule has 20 atom stereocenters. The predicted molar refractivity (Wildman–Crippen MR) is 544 cm³/mol. The highest BCUT2D eigenvalue weighted by atomic mass is 16.5. The van der Waals surface area contributed by atoms with E-state index in [9.17, 15) is 24.0 Å². The minimum atomic E-state index is -0.183. The fraction of sp³-hybridized carbons (Fsp3) is 0.615. The highest BCUT2D eigenvalue weighted by Crippen LogP contribution is 2.46. The molecule has 5 aromatic rings. The summed E-state index contributed by atoms with van der Waals surface area (Å²) in [4.78, 5) is 57.5. The molecule has 704 valence electrons. The van der Waals surface area contributed by atoms with Crippen LogP contribution in [0.2, 0.25) is 0 Å². The van der Waals surface area contributed by atoms with E-state index in [1.54, 1.807) is 27.9 Å². The van der Waals surface area contributed by atoms with Gasteiger partial charge in [0.1, 0.15) is 17.6 Å². The molecule has 7 nitrogen and oxygen atoms in total. The van der Waals surface area contributed by atoms with Gasteiger partial charge >= 0.3 is 11.9 Å². The highest BCUT2D eigenvalue weighted by molar-refractivity contribution is 6.00. The lowest BCUT2D eigenvalue weighted by molar-refractivity contribution is -0.139. The molecule has 0 saturated heterocycles. The average Bonchev–Trinajstić information content (AvgIpc) is 0.863. The van der Waals surface area contributed by atoms with Crippen LogP contribution < -0.4 is 4.74 Å². The molecule has 7 heteroatoms. The number of ether oxygens (including phenoxy) is 2. The number of hydrogen-bond acceptors (Lipinski definition) is 7. The predicted octanol–water partition coefficient (Wildman–Crippen LogP) is 32.5. The Morgan fingerprint density at radius 3 is 1.53 bits per heavy atom. The van der Waals surface area contributed by atoms with Crippen molar-refractivity contribution in [2.24, 2.45) is 112 Å². The minimum absolute atomic E-state index is 0.00444. The molecule has 2 heterocycles. The highest BCUT2D eigenvalue weighted by Gasteiger charge is 2.35. The second-order valence-electron chi connectivity index (χ2n) is 44.8. The van der Waals surface area contributed by atoms with Gasteiger partial charge in [0.2, 0.25) is 0 Å². The Morgan fingerprint density at radius 2 is 0.860 bits per heavy atom. The smallest absolute Gasteiger partial charge is 0.338 e. The number of aryl methyl sites for hydroxylation is 6. The summed E-state index contributed by atoms with van der Waals surface area (Å²) >= 11 is 0. The van der Waals surface area contributed by atoms with Gasteiger partial charge in [0.15, 0.2) is 11.6 Å². The van der Waals surface area contributed by atoms with Crippen molar-refractivity contribution in [1.29, 1.82) is 0 Å². The molecule has 0 radical (unpaired) electrons. The van der Waals surface area contributed by atoms with Crippen molar-refractivity contribution >= 4 is 29.3 Å². The first-order valence-corrected chi connectivity index (χ1v) is 52.0. The molecule has 2 aliphatic heterocycles. The zero-order chi connectivity index (χ0) is 93.3. The maximum absolute atomic E-state index is 11.7. The third-order valence-electron chi connectivity index (χ3n) is 31.4. The normalized spacial score (nSPS) is 30.4. The van der Waals surface area contributed by atoms with Crippen molar-refractivity contribution in [3.63, 3.8) is 0 Å². The molecule has 5 aromatic carbocycles. The number of ketones is 3. The van der Waals surface area contributed by atoms with Gasteiger partial charge in [-0.2, -0.15) is 0 Å². The summed E-state index contributed by atoms with van der Waals surface area (Å²) < 4.78 is 10.3. The monoisotopic (exact) mass is 1750 g/mol. The minimum Gasteiger partial charge on any atom is -0.459 e. The summed E-state index contributed by atoms with van der Waals surface area (Å²) in [6.45, 7) is 48.3. The molecule has 13 aliphatic carbocycles. The quantitative estimate of drug-likeness (QED) is 0.0864. The summed E-state index contributed by atoms with van der Waals surface area (Å²) in [5.41, 5.74) is 24.3. The molecule has 0 amide bonds. The van der Waals surface area contributed by atoms with E-state index < -0.39 is 0 Å². The zero-order valence-electron chi connectivity index (χ0n) is 84.9. The third kappa shape index (κ3) is 33.0. The van der Waals surface area contributed by atoms with Crippen LogP contribution in [0.15, 0.2) is 161 Å². The Morgan fingerprint density at radius 1 is 0.318 bits per heavy atom. The number of esters is 2. The van der Waals surface area contributed by atoms with E-state index in [1.807, 2.05) is 103 Å². The lowest BCUT2D eigenvalue weighted by Gasteiger charge is -2.37. The fourth-order valence-corrected chi connectivity index (χ4v) is 22.7. The number of carbonyl (C=O) groups excluding carboxylic acids is 5. The average molecular weight is 1750 g/mol. The topological polar surface area (TPSA) is 104 Å². The van der Waals surface area contributed by atoms with E-state index in [0.717, 1.165) is 178 Å². The van der Waals surface area contributed by atoms with Gasteiger partial charge in [-0.15, -0.1) is 0 Å². The molecule has 20 rings (SSSR count). The van der Waals surface area contributed by atoms with Crippen molar-refractivity contribution in [2.75, 3.05) is 0 Å². The summed E-state index contributed by atoms with van der Waals surface area (Å²) in [6, 6.07) is 30.7. The summed E-state index contributed by atoms with van der Waals surface area (Å²) in [7, 11) is 0. The van der Waals surface area contributed by atoms with Crippen molar-refractivity contribution < 1.29 is 33.4 Å². The third-order valence-corrected chi connectivity index (χ3v) is 31.4. The van der Waals surface area contributed by atoms with Crippen LogP contribution in [0, 0.1) is 147 Å². The maximum Gasteiger partial charge on any atom is 0.338 e. The van der Waals surface area contributed by atoms with Gasteiger partial charge in [-0.3, -0.25) is 19.2 Å². The Bertz CT molecular complexity index is 4540. The lowest BCUT2D eigenvalue weighted by Crippen LogP contribution is -2.26. The Labute approximate surface area is 785 Å². The van der Waals surface area contributed by atoms with Gasteiger partial charge in [-0.1, -0.05) is 268 Å². The number of carbonyl (C=O) groups is 5. The van der Waals surface area contributed by atoms with Crippen LogP contribution >= 0.6 is 0 Å². The first-order valence-electron chi connectivity index (χ1n) is 52.0. The van der Waals surface area contributed by atoms with Crippen molar-refractivity contribution in [3.05, 3.63) is 239 Å². The van der Waals surface area contributed by atoms with E-state index in [4.69, 9.17) is 9.47 Å². The Kier molecular flexibility index (Phi) is 40.6.